The number of likely N-dealkylation sites (N-methyl/N-ethyl adjacent to an activating group) is 1. The second-order valence-corrected chi connectivity index (χ2v) is 5.87. The first-order valence-electron chi connectivity index (χ1n) is 6.38. The molecular formula is C13H19BrN4O. The fourth-order valence-electron chi connectivity index (χ4n) is 2.23. The number of hydrogen-bond acceptors (Lipinski definition) is 4. The number of aromatic nitrogens is 1. The summed E-state index contributed by atoms with van der Waals surface area (Å²) in [6.45, 7) is 4.63. The van der Waals surface area contributed by atoms with Gasteiger partial charge in [-0.05, 0) is 19.2 Å². The van der Waals surface area contributed by atoms with Gasteiger partial charge in [0.15, 0.2) is 0 Å². The van der Waals surface area contributed by atoms with E-state index in [0.29, 0.717) is 6.54 Å². The van der Waals surface area contributed by atoms with Crippen LogP contribution in [0.5, 0.6) is 0 Å². The third-order valence-corrected chi connectivity index (χ3v) is 3.97. The maximum Gasteiger partial charge on any atom is 0.227 e. The molecule has 2 heterocycles. The van der Waals surface area contributed by atoms with Gasteiger partial charge < -0.3 is 10.6 Å². The number of carbonyl (C=O) groups is 1. The van der Waals surface area contributed by atoms with Gasteiger partial charge in [0.1, 0.15) is 0 Å². The van der Waals surface area contributed by atoms with Gasteiger partial charge in [-0.3, -0.25) is 14.7 Å². The van der Waals surface area contributed by atoms with Gasteiger partial charge in [-0.2, -0.15) is 0 Å². The molecule has 1 aliphatic heterocycles. The minimum atomic E-state index is -0.346. The first-order valence-corrected chi connectivity index (χ1v) is 7.17. The molecule has 104 valence electrons. The molecular weight excluding hydrogens is 308 g/mol. The van der Waals surface area contributed by atoms with Crippen molar-refractivity contribution in [3.8, 4) is 0 Å². The Kier molecular flexibility index (Phi) is 4.90. The van der Waals surface area contributed by atoms with Crippen molar-refractivity contribution in [2.75, 3.05) is 39.8 Å². The largest absolute Gasteiger partial charge is 0.369 e. The van der Waals surface area contributed by atoms with Crippen molar-refractivity contribution in [3.63, 3.8) is 0 Å². The number of halogens is 1. The summed E-state index contributed by atoms with van der Waals surface area (Å²) in [6, 6.07) is 3.71. The quantitative estimate of drug-likeness (QED) is 0.883. The van der Waals surface area contributed by atoms with Crippen LogP contribution < -0.4 is 5.73 Å². The topological polar surface area (TPSA) is 62.5 Å². The number of nitrogens with two attached hydrogens (primary N) is 1. The van der Waals surface area contributed by atoms with E-state index in [4.69, 9.17) is 5.73 Å². The highest BCUT2D eigenvalue weighted by molar-refractivity contribution is 9.10. The molecule has 1 unspecified atom stereocenters. The summed E-state index contributed by atoms with van der Waals surface area (Å²) in [6.07, 6.45) is 1.69. The van der Waals surface area contributed by atoms with Crippen molar-refractivity contribution in [2.24, 2.45) is 5.73 Å². The zero-order valence-corrected chi connectivity index (χ0v) is 12.6. The second-order valence-electron chi connectivity index (χ2n) is 4.96. The van der Waals surface area contributed by atoms with Crippen molar-refractivity contribution in [2.45, 2.75) is 5.92 Å². The highest BCUT2D eigenvalue weighted by atomic mass is 79.9. The SMILES string of the molecule is CN1CCN(CC(C(N)=O)c2cc(Br)ccn2)CC1. The Morgan fingerprint density at radius 3 is 2.74 bits per heavy atom. The van der Waals surface area contributed by atoms with Crippen molar-refractivity contribution < 1.29 is 4.79 Å². The molecule has 1 saturated heterocycles. The van der Waals surface area contributed by atoms with Crippen LogP contribution in [0.4, 0.5) is 0 Å². The molecule has 2 rings (SSSR count). The summed E-state index contributed by atoms with van der Waals surface area (Å²) in [7, 11) is 2.11. The monoisotopic (exact) mass is 326 g/mol. The molecule has 0 bridgehead atoms. The summed E-state index contributed by atoms with van der Waals surface area (Å²) in [5.41, 5.74) is 6.27. The molecule has 0 spiro atoms. The van der Waals surface area contributed by atoms with Crippen LogP contribution in [0, 0.1) is 0 Å². The summed E-state index contributed by atoms with van der Waals surface area (Å²) in [5.74, 6) is -0.662. The van der Waals surface area contributed by atoms with Gasteiger partial charge >= 0.3 is 0 Å². The van der Waals surface area contributed by atoms with E-state index in [1.807, 2.05) is 12.1 Å². The highest BCUT2D eigenvalue weighted by Crippen LogP contribution is 2.19. The number of amides is 1. The summed E-state index contributed by atoms with van der Waals surface area (Å²) >= 11 is 3.40. The number of hydrogen-bond donors (Lipinski definition) is 1. The van der Waals surface area contributed by atoms with Gasteiger partial charge in [-0.1, -0.05) is 15.9 Å². The van der Waals surface area contributed by atoms with Gasteiger partial charge in [0, 0.05) is 43.4 Å². The molecule has 5 nitrogen and oxygen atoms in total. The first kappa shape index (κ1) is 14.4. The Balaban J connectivity index is 2.06. The van der Waals surface area contributed by atoms with Crippen LogP contribution in [-0.4, -0.2) is 60.5 Å². The normalized spacial score (nSPS) is 19.3. The van der Waals surface area contributed by atoms with Gasteiger partial charge in [0.2, 0.25) is 5.91 Å². The molecule has 1 atom stereocenters. The number of pyridine rings is 1. The van der Waals surface area contributed by atoms with E-state index in [-0.39, 0.29) is 11.8 Å². The lowest BCUT2D eigenvalue weighted by Gasteiger charge is -2.33. The molecule has 0 saturated carbocycles. The molecule has 1 aromatic rings. The Morgan fingerprint density at radius 1 is 1.47 bits per heavy atom. The summed E-state index contributed by atoms with van der Waals surface area (Å²) < 4.78 is 0.919. The molecule has 1 aliphatic rings. The Labute approximate surface area is 121 Å². The van der Waals surface area contributed by atoms with E-state index in [1.54, 1.807) is 6.20 Å². The van der Waals surface area contributed by atoms with Crippen molar-refractivity contribution in [3.05, 3.63) is 28.5 Å². The molecule has 0 aliphatic carbocycles. The third kappa shape index (κ3) is 3.99. The van der Waals surface area contributed by atoms with Gasteiger partial charge in [0.25, 0.3) is 0 Å². The molecule has 1 amide bonds. The second kappa shape index (κ2) is 6.45. The van der Waals surface area contributed by atoms with E-state index in [2.05, 4.69) is 37.8 Å². The van der Waals surface area contributed by atoms with Crippen LogP contribution in [0.3, 0.4) is 0 Å². The van der Waals surface area contributed by atoms with Crippen LogP contribution in [0.1, 0.15) is 11.6 Å². The molecule has 6 heteroatoms. The molecule has 19 heavy (non-hydrogen) atoms. The van der Waals surface area contributed by atoms with E-state index in [0.717, 1.165) is 36.3 Å². The number of piperazine rings is 1. The van der Waals surface area contributed by atoms with Crippen LogP contribution >= 0.6 is 15.9 Å². The van der Waals surface area contributed by atoms with E-state index < -0.39 is 0 Å². The predicted octanol–water partition coefficient (Wildman–Crippen LogP) is 0.660. The lowest BCUT2D eigenvalue weighted by atomic mass is 10.0. The smallest absolute Gasteiger partial charge is 0.227 e. The minimum absolute atomic E-state index is 0.315. The Morgan fingerprint density at radius 2 is 2.16 bits per heavy atom. The fourth-order valence-corrected chi connectivity index (χ4v) is 2.58. The standard InChI is InChI=1S/C13H19BrN4O/c1-17-4-6-18(7-5-17)9-11(13(15)19)12-8-10(14)2-3-16-12/h2-3,8,11H,4-7,9H2,1H3,(H2,15,19). The molecule has 0 aromatic carbocycles. The highest BCUT2D eigenvalue weighted by Gasteiger charge is 2.24. The van der Waals surface area contributed by atoms with Crippen molar-refractivity contribution >= 4 is 21.8 Å². The van der Waals surface area contributed by atoms with Gasteiger partial charge in [0.05, 0.1) is 11.6 Å². The average Bonchev–Trinajstić information content (AvgIpc) is 2.37. The predicted molar refractivity (Wildman–Crippen MR) is 77.8 cm³/mol. The van der Waals surface area contributed by atoms with Crippen molar-refractivity contribution in [1.82, 2.24) is 14.8 Å². The molecule has 2 N–H and O–H groups in total. The molecule has 1 fully saturated rings. The maximum atomic E-state index is 11.7. The lowest BCUT2D eigenvalue weighted by molar-refractivity contribution is -0.120. The fraction of sp³-hybridized carbons (Fsp3) is 0.538. The average molecular weight is 327 g/mol. The van der Waals surface area contributed by atoms with E-state index >= 15 is 0 Å². The summed E-state index contributed by atoms with van der Waals surface area (Å²) in [4.78, 5) is 20.5. The van der Waals surface area contributed by atoms with Crippen LogP contribution in [0.25, 0.3) is 0 Å². The Bertz CT molecular complexity index is 446. The Hall–Kier alpha value is -0.980. The zero-order chi connectivity index (χ0) is 13.8. The van der Waals surface area contributed by atoms with Gasteiger partial charge in [-0.25, -0.2) is 0 Å². The first-order chi connectivity index (χ1) is 9.06. The number of nitrogens with zero attached hydrogens (tertiary/aromatic N) is 3. The van der Waals surface area contributed by atoms with Gasteiger partial charge in [-0.15, -0.1) is 0 Å². The molecule has 0 radical (unpaired) electrons. The number of rotatable bonds is 4. The van der Waals surface area contributed by atoms with Crippen LogP contribution in [0.15, 0.2) is 22.8 Å². The molecule has 1 aromatic heterocycles. The van der Waals surface area contributed by atoms with Crippen molar-refractivity contribution in [1.29, 1.82) is 0 Å². The zero-order valence-electron chi connectivity index (χ0n) is 11.1. The minimum Gasteiger partial charge on any atom is -0.369 e. The third-order valence-electron chi connectivity index (χ3n) is 3.48. The summed E-state index contributed by atoms with van der Waals surface area (Å²) in [5, 5.41) is 0. The van der Waals surface area contributed by atoms with E-state index in [1.165, 1.54) is 0 Å². The van der Waals surface area contributed by atoms with Crippen LogP contribution in [0.2, 0.25) is 0 Å². The number of carbonyl (C=O) groups excluding carboxylic acids is 1. The number of primary amides is 1. The van der Waals surface area contributed by atoms with Crippen LogP contribution in [-0.2, 0) is 4.79 Å². The van der Waals surface area contributed by atoms with E-state index in [9.17, 15) is 4.79 Å². The lowest BCUT2D eigenvalue weighted by Crippen LogP contribution is -2.47. The maximum absolute atomic E-state index is 11.7.